The summed E-state index contributed by atoms with van der Waals surface area (Å²) in [5, 5.41) is 3.30. The Hall–Kier alpha value is -2.96. The SMILES string of the molecule is COc1c(CC(NC(=O)CN2CCN(CCOCc3ccccc3)CC2)B2OC3CC4CC(C4(C)C)C3(C)O2)cccc1C(=O)OC(C)(C)C. The van der Waals surface area contributed by atoms with E-state index < -0.39 is 30.2 Å². The monoisotopic (exact) mass is 689 g/mol. The first-order valence-corrected chi connectivity index (χ1v) is 18.3. The molecular weight excluding hydrogens is 633 g/mol. The molecule has 5 atom stereocenters. The van der Waals surface area contributed by atoms with E-state index in [1.807, 2.05) is 51.1 Å². The van der Waals surface area contributed by atoms with Crippen molar-refractivity contribution in [2.75, 3.05) is 53.0 Å². The van der Waals surface area contributed by atoms with Gasteiger partial charge in [0.2, 0.25) is 5.91 Å². The molecule has 3 aliphatic carbocycles. The lowest BCUT2D eigenvalue weighted by Crippen LogP contribution is -2.65. The largest absolute Gasteiger partial charge is 0.496 e. The van der Waals surface area contributed by atoms with E-state index in [-0.39, 0.29) is 24.0 Å². The zero-order valence-corrected chi connectivity index (χ0v) is 31.0. The maximum Gasteiger partial charge on any atom is 0.482 e. The number of hydrogen-bond donors (Lipinski definition) is 1. The van der Waals surface area contributed by atoms with Crippen molar-refractivity contribution >= 4 is 19.0 Å². The van der Waals surface area contributed by atoms with E-state index in [2.05, 4.69) is 48.0 Å². The average Bonchev–Trinajstić information content (AvgIpc) is 3.44. The van der Waals surface area contributed by atoms with Crippen molar-refractivity contribution in [3.05, 3.63) is 65.2 Å². The minimum Gasteiger partial charge on any atom is -0.496 e. The second-order valence-corrected chi connectivity index (χ2v) is 16.4. The molecule has 2 bridgehead atoms. The lowest BCUT2D eigenvalue weighted by Gasteiger charge is -2.64. The molecule has 10 nitrogen and oxygen atoms in total. The number of esters is 1. The summed E-state index contributed by atoms with van der Waals surface area (Å²) in [6.45, 7) is 18.2. The van der Waals surface area contributed by atoms with E-state index in [4.69, 9.17) is 23.5 Å². The third-order valence-corrected chi connectivity index (χ3v) is 11.5. The van der Waals surface area contributed by atoms with Gasteiger partial charge in [-0.2, -0.15) is 0 Å². The molecule has 2 aromatic carbocycles. The predicted octanol–water partition coefficient (Wildman–Crippen LogP) is 4.78. The van der Waals surface area contributed by atoms with Crippen LogP contribution in [0.3, 0.4) is 0 Å². The number of piperazine rings is 1. The van der Waals surface area contributed by atoms with Crippen LogP contribution < -0.4 is 10.1 Å². The number of amides is 1. The molecular formula is C39H56BN3O7. The quantitative estimate of drug-likeness (QED) is 0.181. The van der Waals surface area contributed by atoms with Crippen molar-refractivity contribution in [2.24, 2.45) is 17.3 Å². The standard InChI is InChI=1S/C39H56BN3O7/c1-37(2,3)48-36(45)30-15-11-14-28(35(30)46-7)22-33(40-49-32-24-29-23-31(38(29,4)5)39(32,6)50-40)41-34(44)25-43-18-16-42(17-19-43)20-21-47-26-27-12-9-8-10-13-27/h8-15,29,31-33H,16-26H2,1-7H3,(H,41,44). The maximum absolute atomic E-state index is 13.7. The summed E-state index contributed by atoms with van der Waals surface area (Å²) < 4.78 is 31.0. The van der Waals surface area contributed by atoms with Gasteiger partial charge < -0.3 is 28.8 Å². The fourth-order valence-corrected chi connectivity index (χ4v) is 8.59. The summed E-state index contributed by atoms with van der Waals surface area (Å²) in [5.41, 5.74) is 1.43. The topological polar surface area (TPSA) is 98.8 Å². The van der Waals surface area contributed by atoms with Gasteiger partial charge in [0.15, 0.2) is 0 Å². The first kappa shape index (κ1) is 36.8. The highest BCUT2D eigenvalue weighted by atomic mass is 16.7. The minimum atomic E-state index is -0.651. The highest BCUT2D eigenvalue weighted by molar-refractivity contribution is 6.48. The van der Waals surface area contributed by atoms with Crippen molar-refractivity contribution in [1.82, 2.24) is 15.1 Å². The average molecular weight is 690 g/mol. The van der Waals surface area contributed by atoms with E-state index in [1.54, 1.807) is 13.2 Å². The summed E-state index contributed by atoms with van der Waals surface area (Å²) in [4.78, 5) is 31.5. The van der Waals surface area contributed by atoms with Crippen molar-refractivity contribution in [2.45, 2.75) is 90.7 Å². The molecule has 2 aliphatic heterocycles. The molecule has 3 saturated carbocycles. The Labute approximate surface area is 298 Å². The molecule has 0 aromatic heterocycles. The molecule has 1 amide bonds. The summed E-state index contributed by atoms with van der Waals surface area (Å²) in [6, 6.07) is 15.7. The van der Waals surface area contributed by atoms with Gasteiger partial charge in [-0.15, -0.1) is 0 Å². The Kier molecular flexibility index (Phi) is 11.0. The van der Waals surface area contributed by atoms with Crippen LogP contribution in [0.15, 0.2) is 48.5 Å². The predicted molar refractivity (Wildman–Crippen MR) is 193 cm³/mol. The minimum absolute atomic E-state index is 0.0246. The zero-order valence-electron chi connectivity index (χ0n) is 31.0. The van der Waals surface area contributed by atoms with Crippen LogP contribution in [0.5, 0.6) is 5.75 Å². The summed E-state index contributed by atoms with van der Waals surface area (Å²) in [7, 11) is 0.926. The van der Waals surface area contributed by atoms with Crippen molar-refractivity contribution < 1.29 is 33.1 Å². The first-order chi connectivity index (χ1) is 23.8. The molecule has 5 unspecified atom stereocenters. The number of para-hydroxylation sites is 1. The number of nitrogens with zero attached hydrogens (tertiary/aromatic N) is 2. The highest BCUT2D eigenvalue weighted by Crippen LogP contribution is 2.65. The van der Waals surface area contributed by atoms with E-state index in [0.717, 1.165) is 51.1 Å². The van der Waals surface area contributed by atoms with Crippen LogP contribution in [0.4, 0.5) is 0 Å². The number of ether oxygens (including phenoxy) is 3. The molecule has 2 saturated heterocycles. The van der Waals surface area contributed by atoms with E-state index in [9.17, 15) is 9.59 Å². The number of methoxy groups -OCH3 is 1. The second-order valence-electron chi connectivity index (χ2n) is 16.4. The van der Waals surface area contributed by atoms with Crippen molar-refractivity contribution in [1.29, 1.82) is 0 Å². The third kappa shape index (κ3) is 8.07. The van der Waals surface area contributed by atoms with Crippen LogP contribution in [0.2, 0.25) is 0 Å². The molecule has 11 heteroatoms. The van der Waals surface area contributed by atoms with Gasteiger partial charge in [0.25, 0.3) is 0 Å². The van der Waals surface area contributed by atoms with Crippen LogP contribution in [-0.2, 0) is 36.6 Å². The van der Waals surface area contributed by atoms with Crippen LogP contribution >= 0.6 is 0 Å². The molecule has 2 aromatic rings. The Morgan fingerprint density at radius 3 is 2.40 bits per heavy atom. The Bertz CT molecular complexity index is 1490. The Morgan fingerprint density at radius 1 is 1.00 bits per heavy atom. The lowest BCUT2D eigenvalue weighted by atomic mass is 9.43. The third-order valence-electron chi connectivity index (χ3n) is 11.5. The molecule has 0 spiro atoms. The van der Waals surface area contributed by atoms with Crippen LogP contribution in [-0.4, -0.2) is 105 Å². The van der Waals surface area contributed by atoms with Gasteiger partial charge in [-0.25, -0.2) is 4.79 Å². The van der Waals surface area contributed by atoms with E-state index >= 15 is 0 Å². The number of carbonyl (C=O) groups excluding carboxylic acids is 2. The van der Waals surface area contributed by atoms with Gasteiger partial charge in [0.1, 0.15) is 16.9 Å². The fraction of sp³-hybridized carbons (Fsp3) is 0.641. The fourth-order valence-electron chi connectivity index (χ4n) is 8.59. The van der Waals surface area contributed by atoms with E-state index in [1.165, 1.54) is 5.56 Å². The Balaban J connectivity index is 1.10. The van der Waals surface area contributed by atoms with Gasteiger partial charge >= 0.3 is 13.1 Å². The van der Waals surface area contributed by atoms with Gasteiger partial charge in [-0.3, -0.25) is 14.6 Å². The molecule has 7 rings (SSSR count). The molecule has 2 heterocycles. The number of hydrogen-bond acceptors (Lipinski definition) is 9. The normalized spacial score (nSPS) is 26.9. The number of nitrogens with one attached hydrogen (secondary N) is 1. The number of rotatable bonds is 13. The number of benzene rings is 2. The molecule has 50 heavy (non-hydrogen) atoms. The van der Waals surface area contributed by atoms with E-state index in [0.29, 0.717) is 42.8 Å². The van der Waals surface area contributed by atoms with Crippen molar-refractivity contribution in [3.8, 4) is 5.75 Å². The zero-order chi connectivity index (χ0) is 35.7. The van der Waals surface area contributed by atoms with Gasteiger partial charge in [0.05, 0.1) is 44.5 Å². The summed E-state index contributed by atoms with van der Waals surface area (Å²) in [5.74, 6) is 0.429. The lowest BCUT2D eigenvalue weighted by molar-refractivity contribution is -0.199. The summed E-state index contributed by atoms with van der Waals surface area (Å²) in [6.07, 6.45) is 2.44. The Morgan fingerprint density at radius 2 is 1.72 bits per heavy atom. The van der Waals surface area contributed by atoms with Crippen LogP contribution in [0.25, 0.3) is 0 Å². The maximum atomic E-state index is 13.7. The molecule has 1 N–H and O–H groups in total. The second kappa shape index (κ2) is 15.0. The van der Waals surface area contributed by atoms with Crippen LogP contribution in [0, 0.1) is 17.3 Å². The highest BCUT2D eigenvalue weighted by Gasteiger charge is 2.68. The molecule has 5 aliphatic rings. The molecule has 0 radical (unpaired) electrons. The van der Waals surface area contributed by atoms with Gasteiger partial charge in [0, 0.05) is 32.7 Å². The van der Waals surface area contributed by atoms with Gasteiger partial charge in [-0.1, -0.05) is 56.3 Å². The van der Waals surface area contributed by atoms with Crippen LogP contribution in [0.1, 0.15) is 75.9 Å². The summed E-state index contributed by atoms with van der Waals surface area (Å²) >= 11 is 0. The van der Waals surface area contributed by atoms with Gasteiger partial charge in [-0.05, 0) is 81.4 Å². The molecule has 5 fully saturated rings. The first-order valence-electron chi connectivity index (χ1n) is 18.3. The number of carbonyl (C=O) groups is 2. The van der Waals surface area contributed by atoms with Crippen molar-refractivity contribution in [3.63, 3.8) is 0 Å². The smallest absolute Gasteiger partial charge is 0.482 e. The molecule has 272 valence electrons.